The van der Waals surface area contributed by atoms with Crippen LogP contribution in [0.1, 0.15) is 30.0 Å². The largest absolute Gasteiger partial charge is 0.490 e. The molecule has 2 aromatic carbocycles. The Kier molecular flexibility index (Phi) is 7.31. The zero-order valence-corrected chi connectivity index (χ0v) is 16.1. The molecule has 7 heteroatoms. The minimum Gasteiger partial charge on any atom is -0.490 e. The highest BCUT2D eigenvalue weighted by atomic mass is 19.4. The van der Waals surface area contributed by atoms with Gasteiger partial charge in [0.2, 0.25) is 0 Å². The fourth-order valence-electron chi connectivity index (χ4n) is 2.53. The minimum atomic E-state index is -4.44. The Morgan fingerprint density at radius 1 is 1.14 bits per heavy atom. The molecule has 0 saturated heterocycles. The molecule has 0 spiro atoms. The summed E-state index contributed by atoms with van der Waals surface area (Å²) in [5, 5.41) is 0. The maximum atomic E-state index is 12.8. The third-order valence-corrected chi connectivity index (χ3v) is 4.30. The van der Waals surface area contributed by atoms with E-state index in [-0.39, 0.29) is 12.4 Å². The SMILES string of the molecule is CCC(COc1cccc(C(F)(F)F)c1)OC(=O)N(C)Cc1ccccc1C. The van der Waals surface area contributed by atoms with E-state index in [1.807, 2.05) is 38.1 Å². The summed E-state index contributed by atoms with van der Waals surface area (Å²) in [6, 6.07) is 12.4. The molecule has 4 nitrogen and oxygen atoms in total. The van der Waals surface area contributed by atoms with Crippen molar-refractivity contribution >= 4 is 6.09 Å². The van der Waals surface area contributed by atoms with E-state index in [1.165, 1.54) is 17.0 Å². The molecular weight excluding hydrogens is 371 g/mol. The van der Waals surface area contributed by atoms with Gasteiger partial charge in [-0.1, -0.05) is 37.3 Å². The molecule has 1 atom stereocenters. The van der Waals surface area contributed by atoms with Gasteiger partial charge in [-0.05, 0) is 42.7 Å². The highest BCUT2D eigenvalue weighted by Gasteiger charge is 2.30. The van der Waals surface area contributed by atoms with Crippen molar-refractivity contribution in [2.45, 2.75) is 39.1 Å². The zero-order valence-electron chi connectivity index (χ0n) is 16.1. The average molecular weight is 395 g/mol. The molecule has 0 aliphatic heterocycles. The smallest absolute Gasteiger partial charge is 0.416 e. The van der Waals surface area contributed by atoms with Crippen LogP contribution in [0.4, 0.5) is 18.0 Å². The Morgan fingerprint density at radius 2 is 1.86 bits per heavy atom. The first kappa shape index (κ1) is 21.6. The molecular formula is C21H24F3NO3. The lowest BCUT2D eigenvalue weighted by Crippen LogP contribution is -2.33. The summed E-state index contributed by atoms with van der Waals surface area (Å²) in [6.45, 7) is 4.15. The Labute approximate surface area is 162 Å². The van der Waals surface area contributed by atoms with Crippen LogP contribution in [-0.4, -0.2) is 30.8 Å². The van der Waals surface area contributed by atoms with Crippen molar-refractivity contribution in [3.05, 3.63) is 65.2 Å². The topological polar surface area (TPSA) is 38.8 Å². The molecule has 0 aliphatic carbocycles. The van der Waals surface area contributed by atoms with Crippen molar-refractivity contribution in [3.8, 4) is 5.75 Å². The predicted molar refractivity (Wildman–Crippen MR) is 100 cm³/mol. The fraction of sp³-hybridized carbons (Fsp3) is 0.381. The van der Waals surface area contributed by atoms with E-state index in [0.29, 0.717) is 13.0 Å². The summed E-state index contributed by atoms with van der Waals surface area (Å²) < 4.78 is 49.2. The van der Waals surface area contributed by atoms with Crippen LogP contribution in [0.25, 0.3) is 0 Å². The lowest BCUT2D eigenvalue weighted by Gasteiger charge is -2.23. The van der Waals surface area contributed by atoms with Crippen molar-refractivity contribution in [2.24, 2.45) is 0 Å². The number of hydrogen-bond acceptors (Lipinski definition) is 3. The molecule has 1 unspecified atom stereocenters. The number of carbonyl (C=O) groups is 1. The van der Waals surface area contributed by atoms with E-state index >= 15 is 0 Å². The monoisotopic (exact) mass is 395 g/mol. The van der Waals surface area contributed by atoms with Gasteiger partial charge in [-0.15, -0.1) is 0 Å². The summed E-state index contributed by atoms with van der Waals surface area (Å²) in [5.74, 6) is 0.0811. The van der Waals surface area contributed by atoms with Gasteiger partial charge < -0.3 is 14.4 Å². The summed E-state index contributed by atoms with van der Waals surface area (Å²) in [5.41, 5.74) is 1.30. The molecule has 1 amide bonds. The highest BCUT2D eigenvalue weighted by molar-refractivity contribution is 5.67. The number of nitrogens with zero attached hydrogens (tertiary/aromatic N) is 1. The van der Waals surface area contributed by atoms with Crippen LogP contribution in [0.2, 0.25) is 0 Å². The molecule has 0 radical (unpaired) electrons. The standard InChI is InChI=1S/C21H24F3NO3/c1-4-18(14-27-19-11-7-10-17(12-19)21(22,23)24)28-20(26)25(3)13-16-9-6-5-8-15(16)2/h5-12,18H,4,13-14H2,1-3H3. The van der Waals surface area contributed by atoms with E-state index in [4.69, 9.17) is 9.47 Å². The summed E-state index contributed by atoms with van der Waals surface area (Å²) in [6.07, 6.45) is -5.04. The molecule has 0 N–H and O–H groups in total. The normalized spacial score (nSPS) is 12.4. The fourth-order valence-corrected chi connectivity index (χ4v) is 2.53. The Bertz CT molecular complexity index is 792. The number of amides is 1. The van der Waals surface area contributed by atoms with E-state index in [2.05, 4.69) is 0 Å². The second kappa shape index (κ2) is 9.48. The number of rotatable bonds is 7. The van der Waals surface area contributed by atoms with Gasteiger partial charge in [0.05, 0.1) is 5.56 Å². The first-order chi connectivity index (χ1) is 13.2. The first-order valence-electron chi connectivity index (χ1n) is 8.97. The van der Waals surface area contributed by atoms with Gasteiger partial charge in [0.15, 0.2) is 0 Å². The molecule has 152 valence electrons. The van der Waals surface area contributed by atoms with Crippen LogP contribution in [0.3, 0.4) is 0 Å². The van der Waals surface area contributed by atoms with Crippen molar-refractivity contribution in [1.29, 1.82) is 0 Å². The van der Waals surface area contributed by atoms with Crippen LogP contribution in [0.5, 0.6) is 5.75 Å². The lowest BCUT2D eigenvalue weighted by molar-refractivity contribution is -0.137. The van der Waals surface area contributed by atoms with Crippen LogP contribution in [-0.2, 0) is 17.5 Å². The third kappa shape index (κ3) is 6.18. The lowest BCUT2D eigenvalue weighted by atomic mass is 10.1. The maximum absolute atomic E-state index is 12.8. The number of benzene rings is 2. The molecule has 0 aliphatic rings. The van der Waals surface area contributed by atoms with Gasteiger partial charge in [0.1, 0.15) is 18.5 Å². The summed E-state index contributed by atoms with van der Waals surface area (Å²) in [4.78, 5) is 13.8. The quantitative estimate of drug-likeness (QED) is 0.627. The first-order valence-corrected chi connectivity index (χ1v) is 8.97. The van der Waals surface area contributed by atoms with Crippen molar-refractivity contribution in [3.63, 3.8) is 0 Å². The highest BCUT2D eigenvalue weighted by Crippen LogP contribution is 2.31. The van der Waals surface area contributed by atoms with E-state index in [0.717, 1.165) is 23.3 Å². The Balaban J connectivity index is 1.91. The van der Waals surface area contributed by atoms with E-state index in [9.17, 15) is 18.0 Å². The van der Waals surface area contributed by atoms with Gasteiger partial charge in [-0.25, -0.2) is 4.79 Å². The van der Waals surface area contributed by atoms with E-state index in [1.54, 1.807) is 7.05 Å². The second-order valence-corrected chi connectivity index (χ2v) is 6.53. The van der Waals surface area contributed by atoms with Crippen LogP contribution in [0, 0.1) is 6.92 Å². The number of carbonyl (C=O) groups excluding carboxylic acids is 1. The molecule has 0 heterocycles. The van der Waals surface area contributed by atoms with E-state index < -0.39 is 23.9 Å². The van der Waals surface area contributed by atoms with Gasteiger partial charge >= 0.3 is 12.3 Å². The number of hydrogen-bond donors (Lipinski definition) is 0. The molecule has 28 heavy (non-hydrogen) atoms. The van der Waals surface area contributed by atoms with Gasteiger partial charge in [0.25, 0.3) is 0 Å². The molecule has 0 fully saturated rings. The molecule has 2 aromatic rings. The van der Waals surface area contributed by atoms with Crippen LogP contribution < -0.4 is 4.74 Å². The molecule has 2 rings (SSSR count). The number of alkyl halides is 3. The van der Waals surface area contributed by atoms with Gasteiger partial charge in [0, 0.05) is 13.6 Å². The second-order valence-electron chi connectivity index (χ2n) is 6.53. The predicted octanol–water partition coefficient (Wildman–Crippen LogP) is 5.44. The summed E-state index contributed by atoms with van der Waals surface area (Å²) >= 11 is 0. The van der Waals surface area contributed by atoms with Crippen molar-refractivity contribution in [2.75, 3.05) is 13.7 Å². The third-order valence-electron chi connectivity index (χ3n) is 4.30. The van der Waals surface area contributed by atoms with Crippen LogP contribution >= 0.6 is 0 Å². The maximum Gasteiger partial charge on any atom is 0.416 e. The molecule has 0 bridgehead atoms. The Morgan fingerprint density at radius 3 is 2.50 bits per heavy atom. The summed E-state index contributed by atoms with van der Waals surface area (Å²) in [7, 11) is 1.63. The number of ether oxygens (including phenoxy) is 2. The molecule has 0 saturated carbocycles. The average Bonchev–Trinajstić information content (AvgIpc) is 2.66. The zero-order chi connectivity index (χ0) is 20.7. The van der Waals surface area contributed by atoms with Crippen molar-refractivity contribution < 1.29 is 27.4 Å². The molecule has 0 aromatic heterocycles. The number of aryl methyl sites for hydroxylation is 1. The van der Waals surface area contributed by atoms with Gasteiger partial charge in [-0.2, -0.15) is 13.2 Å². The number of halogens is 3. The Hall–Kier alpha value is -2.70. The van der Waals surface area contributed by atoms with Crippen LogP contribution in [0.15, 0.2) is 48.5 Å². The van der Waals surface area contributed by atoms with Crippen molar-refractivity contribution in [1.82, 2.24) is 4.90 Å². The minimum absolute atomic E-state index is 0.0260. The van der Waals surface area contributed by atoms with Gasteiger partial charge in [-0.3, -0.25) is 0 Å².